The van der Waals surface area contributed by atoms with E-state index in [-0.39, 0.29) is 12.0 Å². The molecule has 164 valence electrons. The van der Waals surface area contributed by atoms with E-state index in [1.165, 1.54) is 16.9 Å². The summed E-state index contributed by atoms with van der Waals surface area (Å²) in [5.41, 5.74) is 3.02. The molecule has 2 aromatic heterocycles. The van der Waals surface area contributed by atoms with E-state index in [0.29, 0.717) is 29.7 Å². The van der Waals surface area contributed by atoms with E-state index in [9.17, 15) is 4.79 Å². The SMILES string of the molecule is CCOC(=O)c1sc(C(C)NC(=NC)NCc2cccc(Cn3cccn3)c2)nc1C. The highest BCUT2D eigenvalue weighted by Gasteiger charge is 2.20. The Balaban J connectivity index is 1.58. The van der Waals surface area contributed by atoms with Gasteiger partial charge in [-0.3, -0.25) is 9.67 Å². The number of carbonyl (C=O) groups is 1. The van der Waals surface area contributed by atoms with Crippen molar-refractivity contribution in [2.45, 2.75) is 39.9 Å². The average molecular weight is 441 g/mol. The first kappa shape index (κ1) is 22.5. The van der Waals surface area contributed by atoms with Crippen LogP contribution >= 0.6 is 11.3 Å². The van der Waals surface area contributed by atoms with Crippen molar-refractivity contribution in [3.05, 3.63) is 69.4 Å². The lowest BCUT2D eigenvalue weighted by atomic mass is 10.1. The lowest BCUT2D eigenvalue weighted by Gasteiger charge is -2.16. The summed E-state index contributed by atoms with van der Waals surface area (Å²) < 4.78 is 7.00. The number of aryl methyl sites for hydroxylation is 1. The second kappa shape index (κ2) is 10.7. The van der Waals surface area contributed by atoms with Gasteiger partial charge < -0.3 is 15.4 Å². The van der Waals surface area contributed by atoms with Gasteiger partial charge >= 0.3 is 5.97 Å². The Labute approximate surface area is 186 Å². The summed E-state index contributed by atoms with van der Waals surface area (Å²) in [6, 6.07) is 10.2. The summed E-state index contributed by atoms with van der Waals surface area (Å²) in [6.07, 6.45) is 3.73. The number of nitrogens with zero attached hydrogens (tertiary/aromatic N) is 4. The first-order valence-corrected chi connectivity index (χ1v) is 11.0. The molecule has 31 heavy (non-hydrogen) atoms. The second-order valence-corrected chi connectivity index (χ2v) is 8.03. The number of thiazole rings is 1. The number of ether oxygens (including phenoxy) is 1. The van der Waals surface area contributed by atoms with Crippen molar-refractivity contribution < 1.29 is 9.53 Å². The highest BCUT2D eigenvalue weighted by Crippen LogP contribution is 2.24. The van der Waals surface area contributed by atoms with Crippen molar-refractivity contribution in [2.24, 2.45) is 4.99 Å². The predicted molar refractivity (Wildman–Crippen MR) is 122 cm³/mol. The third-order valence-electron chi connectivity index (χ3n) is 4.58. The Hall–Kier alpha value is -3.20. The Morgan fingerprint density at radius 3 is 2.84 bits per heavy atom. The molecular formula is C22H28N6O2S. The molecule has 0 bridgehead atoms. The van der Waals surface area contributed by atoms with E-state index in [0.717, 1.165) is 17.1 Å². The second-order valence-electron chi connectivity index (χ2n) is 7.00. The first-order valence-electron chi connectivity index (χ1n) is 10.2. The number of esters is 1. The van der Waals surface area contributed by atoms with Crippen LogP contribution in [-0.4, -0.2) is 40.3 Å². The summed E-state index contributed by atoms with van der Waals surface area (Å²) in [5.74, 6) is 0.337. The fourth-order valence-corrected chi connectivity index (χ4v) is 4.02. The zero-order chi connectivity index (χ0) is 22.2. The maximum absolute atomic E-state index is 12.1. The Kier molecular flexibility index (Phi) is 7.77. The number of carbonyl (C=O) groups excluding carboxylic acids is 1. The van der Waals surface area contributed by atoms with Crippen molar-refractivity contribution in [3.8, 4) is 0 Å². The molecule has 2 heterocycles. The van der Waals surface area contributed by atoms with E-state index in [1.807, 2.05) is 36.9 Å². The third-order valence-corrected chi connectivity index (χ3v) is 5.90. The zero-order valence-corrected chi connectivity index (χ0v) is 19.1. The molecule has 0 aliphatic rings. The van der Waals surface area contributed by atoms with Crippen LogP contribution in [0.2, 0.25) is 0 Å². The summed E-state index contributed by atoms with van der Waals surface area (Å²) >= 11 is 1.35. The van der Waals surface area contributed by atoms with Gasteiger partial charge in [0.05, 0.1) is 24.9 Å². The molecule has 0 amide bonds. The van der Waals surface area contributed by atoms with E-state index in [1.54, 1.807) is 20.2 Å². The highest BCUT2D eigenvalue weighted by atomic mass is 32.1. The van der Waals surface area contributed by atoms with Gasteiger partial charge in [-0.15, -0.1) is 11.3 Å². The maximum atomic E-state index is 12.1. The molecule has 1 unspecified atom stereocenters. The van der Waals surface area contributed by atoms with E-state index in [4.69, 9.17) is 4.74 Å². The van der Waals surface area contributed by atoms with Gasteiger partial charge in [-0.25, -0.2) is 9.78 Å². The van der Waals surface area contributed by atoms with Gasteiger partial charge in [0.25, 0.3) is 0 Å². The molecule has 8 nitrogen and oxygen atoms in total. The molecule has 0 spiro atoms. The van der Waals surface area contributed by atoms with E-state index in [2.05, 4.69) is 43.9 Å². The van der Waals surface area contributed by atoms with Gasteiger partial charge in [0.1, 0.15) is 9.88 Å². The number of hydrogen-bond acceptors (Lipinski definition) is 6. The number of hydrogen-bond donors (Lipinski definition) is 2. The van der Waals surface area contributed by atoms with Crippen LogP contribution in [0, 0.1) is 6.92 Å². The van der Waals surface area contributed by atoms with E-state index < -0.39 is 0 Å². The van der Waals surface area contributed by atoms with Crippen molar-refractivity contribution >= 4 is 23.3 Å². The molecule has 3 rings (SSSR count). The van der Waals surface area contributed by atoms with Gasteiger partial charge in [-0.2, -0.15) is 5.10 Å². The zero-order valence-electron chi connectivity index (χ0n) is 18.3. The Morgan fingerprint density at radius 1 is 1.32 bits per heavy atom. The van der Waals surface area contributed by atoms with Crippen LogP contribution < -0.4 is 10.6 Å². The molecule has 1 aromatic carbocycles. The first-order chi connectivity index (χ1) is 15.0. The van der Waals surface area contributed by atoms with Gasteiger partial charge in [0, 0.05) is 26.0 Å². The molecule has 0 saturated heterocycles. The van der Waals surface area contributed by atoms with Gasteiger partial charge in [0.2, 0.25) is 0 Å². The molecule has 1 atom stereocenters. The minimum absolute atomic E-state index is 0.107. The summed E-state index contributed by atoms with van der Waals surface area (Å²) in [6.45, 7) is 7.32. The summed E-state index contributed by atoms with van der Waals surface area (Å²) in [4.78, 5) is 21.4. The molecule has 0 aliphatic carbocycles. The maximum Gasteiger partial charge on any atom is 0.350 e. The molecule has 0 saturated carbocycles. The lowest BCUT2D eigenvalue weighted by molar-refractivity contribution is 0.0531. The quantitative estimate of drug-likeness (QED) is 0.317. The van der Waals surface area contributed by atoms with Crippen LogP contribution in [0.4, 0.5) is 0 Å². The molecule has 0 aliphatic heterocycles. The molecule has 2 N–H and O–H groups in total. The fourth-order valence-electron chi connectivity index (χ4n) is 3.05. The normalized spacial score (nSPS) is 12.5. The minimum atomic E-state index is -0.326. The van der Waals surface area contributed by atoms with Crippen LogP contribution in [0.1, 0.15) is 51.4 Å². The number of rotatable bonds is 8. The predicted octanol–water partition coefficient (Wildman–Crippen LogP) is 3.30. The Morgan fingerprint density at radius 2 is 2.13 bits per heavy atom. The van der Waals surface area contributed by atoms with Gasteiger partial charge in [-0.05, 0) is 38.0 Å². The number of benzene rings is 1. The number of guanidine groups is 1. The summed E-state index contributed by atoms with van der Waals surface area (Å²) in [5, 5.41) is 11.7. The average Bonchev–Trinajstić information content (AvgIpc) is 3.41. The highest BCUT2D eigenvalue weighted by molar-refractivity contribution is 7.13. The third kappa shape index (κ3) is 6.14. The molecule has 9 heteroatoms. The smallest absolute Gasteiger partial charge is 0.350 e. The van der Waals surface area contributed by atoms with E-state index >= 15 is 0 Å². The van der Waals surface area contributed by atoms with Gasteiger partial charge in [-0.1, -0.05) is 24.3 Å². The summed E-state index contributed by atoms with van der Waals surface area (Å²) in [7, 11) is 1.73. The molecule has 3 aromatic rings. The monoisotopic (exact) mass is 440 g/mol. The Bertz CT molecular complexity index is 1030. The fraction of sp³-hybridized carbons (Fsp3) is 0.364. The van der Waals surface area contributed by atoms with Crippen molar-refractivity contribution in [2.75, 3.05) is 13.7 Å². The molecular weight excluding hydrogens is 412 g/mol. The number of nitrogens with one attached hydrogen (secondary N) is 2. The lowest BCUT2D eigenvalue weighted by Crippen LogP contribution is -2.38. The molecule has 0 radical (unpaired) electrons. The standard InChI is InChI=1S/C22H28N6O2S/c1-5-30-21(29)19-15(2)26-20(31-19)16(3)27-22(23-4)24-13-17-8-6-9-18(12-17)14-28-11-7-10-25-28/h6-12,16H,5,13-14H2,1-4H3,(H2,23,24,27). The van der Waals surface area contributed by atoms with Crippen molar-refractivity contribution in [1.29, 1.82) is 0 Å². The van der Waals surface area contributed by atoms with Crippen LogP contribution in [-0.2, 0) is 17.8 Å². The van der Waals surface area contributed by atoms with Crippen LogP contribution in [0.3, 0.4) is 0 Å². The topological polar surface area (TPSA) is 93.4 Å². The van der Waals surface area contributed by atoms with Crippen molar-refractivity contribution in [3.63, 3.8) is 0 Å². The number of aromatic nitrogens is 3. The van der Waals surface area contributed by atoms with Crippen LogP contribution in [0.25, 0.3) is 0 Å². The minimum Gasteiger partial charge on any atom is -0.462 e. The van der Waals surface area contributed by atoms with Crippen LogP contribution in [0.5, 0.6) is 0 Å². The van der Waals surface area contributed by atoms with Gasteiger partial charge in [0.15, 0.2) is 5.96 Å². The van der Waals surface area contributed by atoms with Crippen LogP contribution in [0.15, 0.2) is 47.7 Å². The molecule has 0 fully saturated rings. The number of aliphatic imine (C=N–C) groups is 1. The largest absolute Gasteiger partial charge is 0.462 e. The van der Waals surface area contributed by atoms with Crippen molar-refractivity contribution in [1.82, 2.24) is 25.4 Å².